The lowest BCUT2D eigenvalue weighted by atomic mass is 10.1. The monoisotopic (exact) mass is 289 g/mol. The highest BCUT2D eigenvalue weighted by molar-refractivity contribution is 6.04. The summed E-state index contributed by atoms with van der Waals surface area (Å²) in [6.07, 6.45) is 0. The largest absolute Gasteiger partial charge is 0.326 e. The average molecular weight is 289 g/mol. The van der Waals surface area contributed by atoms with Crippen molar-refractivity contribution in [3.8, 4) is 0 Å². The molecule has 0 spiro atoms. The second-order valence-electron chi connectivity index (χ2n) is 5.90. The van der Waals surface area contributed by atoms with Gasteiger partial charge in [-0.3, -0.25) is 9.69 Å². The van der Waals surface area contributed by atoms with Gasteiger partial charge < -0.3 is 5.32 Å². The summed E-state index contributed by atoms with van der Waals surface area (Å²) >= 11 is 0. The van der Waals surface area contributed by atoms with Crippen molar-refractivity contribution in [3.63, 3.8) is 0 Å². The minimum Gasteiger partial charge on any atom is -0.322 e. The number of amides is 3. The van der Waals surface area contributed by atoms with Crippen LogP contribution in [0.5, 0.6) is 0 Å². The molecule has 1 atom stereocenters. The Kier molecular flexibility index (Phi) is 4.63. The molecule has 3 amide bonds. The van der Waals surface area contributed by atoms with Gasteiger partial charge in [0, 0.05) is 12.1 Å². The first-order chi connectivity index (χ1) is 9.91. The molecular weight excluding hydrogens is 266 g/mol. The van der Waals surface area contributed by atoms with Crippen molar-refractivity contribution in [2.75, 3.05) is 6.67 Å². The fourth-order valence-corrected chi connectivity index (χ4v) is 2.61. The van der Waals surface area contributed by atoms with Crippen LogP contribution in [0.1, 0.15) is 39.3 Å². The molecule has 0 radical (unpaired) electrons. The highest BCUT2D eigenvalue weighted by Gasteiger charge is 2.40. The van der Waals surface area contributed by atoms with E-state index in [1.807, 2.05) is 30.3 Å². The zero-order valence-corrected chi connectivity index (χ0v) is 13.0. The molecule has 114 valence electrons. The molecule has 5 heteroatoms. The molecule has 1 saturated heterocycles. The van der Waals surface area contributed by atoms with Gasteiger partial charge in [0.05, 0.1) is 6.67 Å². The predicted octanol–water partition coefficient (Wildman–Crippen LogP) is 2.36. The molecule has 1 aromatic rings. The maximum absolute atomic E-state index is 12.5. The number of urea groups is 1. The molecule has 5 nitrogen and oxygen atoms in total. The Labute approximate surface area is 125 Å². The van der Waals surface area contributed by atoms with Crippen LogP contribution in [0.4, 0.5) is 4.79 Å². The van der Waals surface area contributed by atoms with Gasteiger partial charge in [-0.05, 0) is 33.3 Å². The number of hydrogen-bond acceptors (Lipinski definition) is 3. The molecule has 1 N–H and O–H groups in total. The molecule has 1 heterocycles. The summed E-state index contributed by atoms with van der Waals surface area (Å²) in [5.74, 6) is -0.183. The predicted molar refractivity (Wildman–Crippen MR) is 81.5 cm³/mol. The zero-order valence-electron chi connectivity index (χ0n) is 13.0. The topological polar surface area (TPSA) is 52.6 Å². The lowest BCUT2D eigenvalue weighted by Crippen LogP contribution is -2.47. The Morgan fingerprint density at radius 2 is 1.67 bits per heavy atom. The van der Waals surface area contributed by atoms with Gasteiger partial charge in [-0.15, -0.1) is 0 Å². The third-order valence-corrected chi connectivity index (χ3v) is 3.79. The van der Waals surface area contributed by atoms with Crippen LogP contribution in [0.2, 0.25) is 0 Å². The summed E-state index contributed by atoms with van der Waals surface area (Å²) in [6, 6.07) is 8.98. The fourth-order valence-electron chi connectivity index (χ4n) is 2.61. The van der Waals surface area contributed by atoms with E-state index in [0.29, 0.717) is 6.67 Å². The van der Waals surface area contributed by atoms with Crippen LogP contribution in [-0.4, -0.2) is 40.5 Å². The minimum absolute atomic E-state index is 0.183. The SMILES string of the molecule is CC(C)N(CN1C(=O)NC(c2ccccc2)C1=O)C(C)C. The molecule has 21 heavy (non-hydrogen) atoms. The highest BCUT2D eigenvalue weighted by Crippen LogP contribution is 2.22. The van der Waals surface area contributed by atoms with E-state index in [1.54, 1.807) is 0 Å². The van der Waals surface area contributed by atoms with Crippen molar-refractivity contribution in [1.82, 2.24) is 15.1 Å². The van der Waals surface area contributed by atoms with Crippen LogP contribution in [0.25, 0.3) is 0 Å². The van der Waals surface area contributed by atoms with Crippen LogP contribution in [-0.2, 0) is 4.79 Å². The highest BCUT2D eigenvalue weighted by atomic mass is 16.2. The van der Waals surface area contributed by atoms with E-state index in [0.717, 1.165) is 5.56 Å². The van der Waals surface area contributed by atoms with Gasteiger partial charge in [0.1, 0.15) is 6.04 Å². The van der Waals surface area contributed by atoms with Crippen LogP contribution in [0.3, 0.4) is 0 Å². The third-order valence-electron chi connectivity index (χ3n) is 3.79. The quantitative estimate of drug-likeness (QED) is 0.847. The van der Waals surface area contributed by atoms with Crippen LogP contribution >= 0.6 is 0 Å². The average Bonchev–Trinajstić information content (AvgIpc) is 2.72. The summed E-state index contributed by atoms with van der Waals surface area (Å²) in [5.41, 5.74) is 0.819. The van der Waals surface area contributed by atoms with Gasteiger partial charge >= 0.3 is 6.03 Å². The fraction of sp³-hybridized carbons (Fsp3) is 0.500. The lowest BCUT2D eigenvalue weighted by Gasteiger charge is -2.32. The van der Waals surface area contributed by atoms with Gasteiger partial charge in [-0.2, -0.15) is 0 Å². The smallest absolute Gasteiger partial charge is 0.322 e. The van der Waals surface area contributed by atoms with E-state index in [2.05, 4.69) is 37.9 Å². The van der Waals surface area contributed by atoms with Gasteiger partial charge in [-0.25, -0.2) is 9.69 Å². The third kappa shape index (κ3) is 3.24. The minimum atomic E-state index is -0.570. The Bertz CT molecular complexity index is 506. The maximum atomic E-state index is 12.5. The Balaban J connectivity index is 2.15. The summed E-state index contributed by atoms with van der Waals surface area (Å²) < 4.78 is 0. The number of imide groups is 1. The first-order valence-corrected chi connectivity index (χ1v) is 7.34. The van der Waals surface area contributed by atoms with Gasteiger partial charge in [0.15, 0.2) is 0 Å². The van der Waals surface area contributed by atoms with E-state index in [-0.39, 0.29) is 24.0 Å². The molecule has 0 saturated carbocycles. The van der Waals surface area contributed by atoms with Crippen LogP contribution in [0, 0.1) is 0 Å². The summed E-state index contributed by atoms with van der Waals surface area (Å²) in [6.45, 7) is 8.57. The maximum Gasteiger partial charge on any atom is 0.326 e. The number of rotatable bonds is 5. The van der Waals surface area contributed by atoms with Crippen molar-refractivity contribution in [1.29, 1.82) is 0 Å². The molecule has 1 unspecified atom stereocenters. The molecular formula is C16H23N3O2. The van der Waals surface area contributed by atoms with Crippen molar-refractivity contribution in [2.45, 2.75) is 45.8 Å². The Morgan fingerprint density at radius 1 is 1.10 bits per heavy atom. The number of benzene rings is 1. The number of hydrogen-bond donors (Lipinski definition) is 1. The van der Waals surface area contributed by atoms with E-state index >= 15 is 0 Å². The van der Waals surface area contributed by atoms with Crippen molar-refractivity contribution >= 4 is 11.9 Å². The molecule has 1 aromatic carbocycles. The molecule has 1 aliphatic rings. The van der Waals surface area contributed by atoms with E-state index in [9.17, 15) is 9.59 Å². The summed E-state index contributed by atoms with van der Waals surface area (Å²) in [5, 5.41) is 2.76. The standard InChI is InChI=1S/C16H23N3O2/c1-11(2)18(12(3)4)10-19-15(20)14(17-16(19)21)13-8-6-5-7-9-13/h5-9,11-12,14H,10H2,1-4H3,(H,17,21). The molecule has 1 fully saturated rings. The van der Waals surface area contributed by atoms with Gasteiger partial charge in [0.2, 0.25) is 0 Å². The number of carbonyl (C=O) groups is 2. The molecule has 0 aromatic heterocycles. The second-order valence-corrected chi connectivity index (χ2v) is 5.90. The molecule has 0 bridgehead atoms. The summed E-state index contributed by atoms with van der Waals surface area (Å²) in [4.78, 5) is 28.0. The summed E-state index contributed by atoms with van der Waals surface area (Å²) in [7, 11) is 0. The van der Waals surface area contributed by atoms with Gasteiger partial charge in [-0.1, -0.05) is 30.3 Å². The first-order valence-electron chi connectivity index (χ1n) is 7.34. The first kappa shape index (κ1) is 15.5. The zero-order chi connectivity index (χ0) is 15.6. The van der Waals surface area contributed by atoms with E-state index < -0.39 is 6.04 Å². The van der Waals surface area contributed by atoms with Crippen molar-refractivity contribution in [2.24, 2.45) is 0 Å². The number of nitrogens with one attached hydrogen (secondary N) is 1. The van der Waals surface area contributed by atoms with E-state index in [1.165, 1.54) is 4.90 Å². The van der Waals surface area contributed by atoms with Crippen LogP contribution < -0.4 is 5.32 Å². The van der Waals surface area contributed by atoms with Crippen molar-refractivity contribution < 1.29 is 9.59 Å². The van der Waals surface area contributed by atoms with Gasteiger partial charge in [0.25, 0.3) is 5.91 Å². The Morgan fingerprint density at radius 3 is 2.19 bits per heavy atom. The normalized spacial score (nSPS) is 19.0. The molecule has 1 aliphatic heterocycles. The van der Waals surface area contributed by atoms with Crippen molar-refractivity contribution in [3.05, 3.63) is 35.9 Å². The number of nitrogens with zero attached hydrogens (tertiary/aromatic N) is 2. The molecule has 0 aliphatic carbocycles. The Hall–Kier alpha value is -1.88. The van der Waals surface area contributed by atoms with E-state index in [4.69, 9.17) is 0 Å². The lowest BCUT2D eigenvalue weighted by molar-refractivity contribution is -0.129. The second kappa shape index (κ2) is 6.26. The van der Waals surface area contributed by atoms with Crippen LogP contribution in [0.15, 0.2) is 30.3 Å². The molecule has 2 rings (SSSR count). The number of carbonyl (C=O) groups excluding carboxylic acids is 2.